The van der Waals surface area contributed by atoms with Crippen molar-refractivity contribution in [1.82, 2.24) is 13.9 Å². The second-order valence-electron chi connectivity index (χ2n) is 7.99. The predicted molar refractivity (Wildman–Crippen MR) is 121 cm³/mol. The van der Waals surface area contributed by atoms with Crippen molar-refractivity contribution in [2.24, 2.45) is 7.05 Å². The van der Waals surface area contributed by atoms with Gasteiger partial charge in [-0.3, -0.25) is 4.79 Å². The van der Waals surface area contributed by atoms with E-state index in [9.17, 15) is 13.2 Å². The van der Waals surface area contributed by atoms with E-state index >= 15 is 0 Å². The molecule has 1 fully saturated rings. The molecule has 1 aromatic heterocycles. The Bertz CT molecular complexity index is 1180. The highest BCUT2D eigenvalue weighted by Gasteiger charge is 2.26. The Balaban J connectivity index is 1.52. The van der Waals surface area contributed by atoms with Gasteiger partial charge in [0.25, 0.3) is 0 Å². The van der Waals surface area contributed by atoms with Crippen molar-refractivity contribution in [3.63, 3.8) is 0 Å². The number of fused-ring (bicyclic) bond motifs is 1. The summed E-state index contributed by atoms with van der Waals surface area (Å²) in [5.41, 5.74) is 2.35. The van der Waals surface area contributed by atoms with E-state index in [0.717, 1.165) is 36.3 Å². The Kier molecular flexibility index (Phi) is 6.11. The van der Waals surface area contributed by atoms with Gasteiger partial charge in [-0.05, 0) is 43.2 Å². The van der Waals surface area contributed by atoms with Crippen LogP contribution in [-0.4, -0.2) is 48.3 Å². The number of carbonyl (C=O) groups is 1. The molecule has 1 aliphatic rings. The lowest BCUT2D eigenvalue weighted by Gasteiger charge is -2.25. The molecule has 0 aliphatic carbocycles. The zero-order chi connectivity index (χ0) is 22.0. The van der Waals surface area contributed by atoms with Crippen LogP contribution in [0.4, 0.5) is 5.69 Å². The molecular formula is C23H28N4O3S. The molecular weight excluding hydrogens is 412 g/mol. The summed E-state index contributed by atoms with van der Waals surface area (Å²) >= 11 is 0. The smallest absolute Gasteiger partial charge is 0.243 e. The molecule has 0 N–H and O–H groups in total. The van der Waals surface area contributed by atoms with Crippen molar-refractivity contribution >= 4 is 32.7 Å². The van der Waals surface area contributed by atoms with Gasteiger partial charge >= 0.3 is 0 Å². The summed E-state index contributed by atoms with van der Waals surface area (Å²) in [5, 5.41) is 0. The predicted octanol–water partition coefficient (Wildman–Crippen LogP) is 3.34. The van der Waals surface area contributed by atoms with Crippen molar-refractivity contribution in [2.45, 2.75) is 37.0 Å². The maximum Gasteiger partial charge on any atom is 0.243 e. The number of hydrogen-bond donors (Lipinski definition) is 0. The monoisotopic (exact) mass is 440 g/mol. The van der Waals surface area contributed by atoms with Gasteiger partial charge in [-0.1, -0.05) is 24.6 Å². The number of aryl methyl sites for hydroxylation is 2. The Morgan fingerprint density at radius 2 is 1.77 bits per heavy atom. The van der Waals surface area contributed by atoms with Crippen LogP contribution in [0.25, 0.3) is 11.0 Å². The fourth-order valence-electron chi connectivity index (χ4n) is 4.05. The number of nitrogens with zero attached hydrogens (tertiary/aromatic N) is 4. The quantitative estimate of drug-likeness (QED) is 0.589. The minimum atomic E-state index is -3.50. The van der Waals surface area contributed by atoms with Crippen LogP contribution < -0.4 is 4.90 Å². The number of piperidine rings is 1. The van der Waals surface area contributed by atoms with Crippen molar-refractivity contribution < 1.29 is 13.2 Å². The van der Waals surface area contributed by atoms with Crippen LogP contribution in [-0.2, 0) is 28.3 Å². The van der Waals surface area contributed by atoms with Crippen LogP contribution >= 0.6 is 0 Å². The average Bonchev–Trinajstić information content (AvgIpc) is 3.13. The number of rotatable bonds is 6. The summed E-state index contributed by atoms with van der Waals surface area (Å²) in [6, 6.07) is 14.6. The SMILES string of the molecule is CN(C(=O)CCc1nc2cc(S(=O)(=O)N3CCCCC3)ccc2n1C)c1ccccc1. The van der Waals surface area contributed by atoms with Gasteiger partial charge in [0.05, 0.1) is 15.9 Å². The highest BCUT2D eigenvalue weighted by Crippen LogP contribution is 2.25. The molecule has 7 nitrogen and oxygen atoms in total. The molecule has 4 rings (SSSR count). The Labute approximate surface area is 183 Å². The molecule has 8 heteroatoms. The number of sulfonamides is 1. The molecule has 0 saturated carbocycles. The van der Waals surface area contributed by atoms with Crippen LogP contribution in [0, 0.1) is 0 Å². The van der Waals surface area contributed by atoms with E-state index in [1.165, 1.54) is 0 Å². The van der Waals surface area contributed by atoms with Gasteiger partial charge in [-0.2, -0.15) is 4.31 Å². The standard InChI is InChI=1S/C23H28N4O3S/c1-25(18-9-5-3-6-10-18)23(28)14-13-22-24-20-17-19(11-12-21(20)26(22)2)31(29,30)27-15-7-4-8-16-27/h3,5-6,9-12,17H,4,7-8,13-16H2,1-2H3. The molecule has 3 aromatic rings. The first-order valence-electron chi connectivity index (χ1n) is 10.6. The molecule has 2 heterocycles. The third kappa shape index (κ3) is 4.36. The highest BCUT2D eigenvalue weighted by molar-refractivity contribution is 7.89. The molecule has 1 aliphatic heterocycles. The van der Waals surface area contributed by atoms with Gasteiger partial charge in [-0.15, -0.1) is 0 Å². The topological polar surface area (TPSA) is 75.5 Å². The summed E-state index contributed by atoms with van der Waals surface area (Å²) in [6.07, 6.45) is 3.69. The summed E-state index contributed by atoms with van der Waals surface area (Å²) in [5.74, 6) is 0.768. The van der Waals surface area contributed by atoms with Gasteiger partial charge in [0, 0.05) is 45.7 Å². The molecule has 31 heavy (non-hydrogen) atoms. The lowest BCUT2D eigenvalue weighted by molar-refractivity contribution is -0.118. The molecule has 2 aromatic carbocycles. The molecule has 0 bridgehead atoms. The molecule has 0 radical (unpaired) electrons. The number of carbonyl (C=O) groups excluding carboxylic acids is 1. The Morgan fingerprint density at radius 1 is 1.06 bits per heavy atom. The number of hydrogen-bond acceptors (Lipinski definition) is 4. The first kappa shape index (κ1) is 21.5. The lowest BCUT2D eigenvalue weighted by Crippen LogP contribution is -2.35. The number of amides is 1. The Morgan fingerprint density at radius 3 is 2.48 bits per heavy atom. The summed E-state index contributed by atoms with van der Waals surface area (Å²) in [4.78, 5) is 19.2. The van der Waals surface area contributed by atoms with Crippen molar-refractivity contribution in [2.75, 3.05) is 25.0 Å². The Hall–Kier alpha value is -2.71. The van der Waals surface area contributed by atoms with Crippen LogP contribution in [0.3, 0.4) is 0 Å². The molecule has 0 spiro atoms. The maximum absolute atomic E-state index is 13.0. The van der Waals surface area contributed by atoms with Crippen LogP contribution in [0.1, 0.15) is 31.5 Å². The van der Waals surface area contributed by atoms with E-state index in [-0.39, 0.29) is 10.8 Å². The molecule has 1 amide bonds. The van der Waals surface area contributed by atoms with Gasteiger partial charge in [0.15, 0.2) is 0 Å². The second kappa shape index (κ2) is 8.80. The summed E-state index contributed by atoms with van der Waals surface area (Å²) < 4.78 is 29.5. The summed E-state index contributed by atoms with van der Waals surface area (Å²) in [7, 11) is 0.164. The number of imidazole rings is 1. The lowest BCUT2D eigenvalue weighted by atomic mass is 10.2. The second-order valence-corrected chi connectivity index (χ2v) is 9.93. The van der Waals surface area contributed by atoms with Crippen LogP contribution in [0.5, 0.6) is 0 Å². The van der Waals surface area contributed by atoms with E-state index in [1.807, 2.05) is 41.9 Å². The third-order valence-electron chi connectivity index (χ3n) is 5.98. The van der Waals surface area contributed by atoms with Gasteiger partial charge < -0.3 is 9.47 Å². The minimum Gasteiger partial charge on any atom is -0.331 e. The zero-order valence-corrected chi connectivity index (χ0v) is 18.8. The van der Waals surface area contributed by atoms with E-state index in [2.05, 4.69) is 4.98 Å². The van der Waals surface area contributed by atoms with Crippen LogP contribution in [0.2, 0.25) is 0 Å². The average molecular weight is 441 g/mol. The fraction of sp³-hybridized carbons (Fsp3) is 0.391. The van der Waals surface area contributed by atoms with E-state index in [0.29, 0.717) is 31.4 Å². The first-order valence-corrected chi connectivity index (χ1v) is 12.1. The summed E-state index contributed by atoms with van der Waals surface area (Å²) in [6.45, 7) is 1.15. The minimum absolute atomic E-state index is 0.00613. The largest absolute Gasteiger partial charge is 0.331 e. The van der Waals surface area contributed by atoms with Crippen molar-refractivity contribution in [3.05, 3.63) is 54.4 Å². The zero-order valence-electron chi connectivity index (χ0n) is 18.0. The molecule has 0 unspecified atom stereocenters. The maximum atomic E-state index is 13.0. The van der Waals surface area contributed by atoms with E-state index < -0.39 is 10.0 Å². The molecule has 1 saturated heterocycles. The van der Waals surface area contributed by atoms with E-state index in [4.69, 9.17) is 0 Å². The first-order chi connectivity index (χ1) is 14.9. The van der Waals surface area contributed by atoms with E-state index in [1.54, 1.807) is 34.5 Å². The van der Waals surface area contributed by atoms with Crippen molar-refractivity contribution in [3.8, 4) is 0 Å². The van der Waals surface area contributed by atoms with Gasteiger partial charge in [0.2, 0.25) is 15.9 Å². The normalized spacial score (nSPS) is 15.3. The van der Waals surface area contributed by atoms with Gasteiger partial charge in [0.1, 0.15) is 5.82 Å². The third-order valence-corrected chi connectivity index (χ3v) is 7.87. The molecule has 0 atom stereocenters. The molecule has 164 valence electrons. The van der Waals surface area contributed by atoms with Crippen molar-refractivity contribution in [1.29, 1.82) is 0 Å². The van der Waals surface area contributed by atoms with Crippen LogP contribution in [0.15, 0.2) is 53.4 Å². The highest BCUT2D eigenvalue weighted by atomic mass is 32.2. The number of anilines is 1. The number of benzene rings is 2. The number of aromatic nitrogens is 2. The number of para-hydroxylation sites is 1. The van der Waals surface area contributed by atoms with Gasteiger partial charge in [-0.25, -0.2) is 13.4 Å². The fourth-order valence-corrected chi connectivity index (χ4v) is 5.59.